The van der Waals surface area contributed by atoms with Gasteiger partial charge in [0.15, 0.2) is 5.58 Å². The Kier molecular flexibility index (Phi) is 5.79. The normalized spacial score (nSPS) is 23.9. The molecule has 1 saturated carbocycles. The summed E-state index contributed by atoms with van der Waals surface area (Å²) >= 11 is 6.39. The van der Waals surface area contributed by atoms with E-state index < -0.39 is 24.2 Å². The topological polar surface area (TPSA) is 151 Å². The number of halogens is 1. The molecule has 1 fully saturated rings. The van der Waals surface area contributed by atoms with Crippen molar-refractivity contribution in [1.82, 2.24) is 15.0 Å². The fraction of sp³-hybridized carbons (Fsp3) is 0.450. The van der Waals surface area contributed by atoms with Crippen LogP contribution in [0.3, 0.4) is 0 Å². The lowest BCUT2D eigenvalue weighted by Gasteiger charge is -2.20. The highest BCUT2D eigenvalue weighted by Gasteiger charge is 2.41. The van der Waals surface area contributed by atoms with E-state index in [4.69, 9.17) is 21.8 Å². The van der Waals surface area contributed by atoms with E-state index in [9.17, 15) is 15.3 Å². The zero-order chi connectivity index (χ0) is 21.4. The monoisotopic (exact) mass is 433 g/mol. The van der Waals surface area contributed by atoms with Gasteiger partial charge in [0.05, 0.1) is 23.9 Å². The zero-order valence-electron chi connectivity index (χ0n) is 16.4. The minimum Gasteiger partial charge on any atom is -0.454 e. The van der Waals surface area contributed by atoms with Gasteiger partial charge in [0.1, 0.15) is 22.8 Å². The van der Waals surface area contributed by atoms with Crippen molar-refractivity contribution in [1.29, 1.82) is 0 Å². The molecule has 30 heavy (non-hydrogen) atoms. The average Bonchev–Trinajstić information content (AvgIpc) is 3.23. The fourth-order valence-electron chi connectivity index (χ4n) is 3.90. The van der Waals surface area contributed by atoms with Gasteiger partial charge >= 0.3 is 0 Å². The molecule has 0 unspecified atom stereocenters. The third-order valence-electron chi connectivity index (χ3n) is 5.45. The van der Waals surface area contributed by atoms with Crippen molar-refractivity contribution in [2.45, 2.75) is 44.4 Å². The first kappa shape index (κ1) is 20.8. The third kappa shape index (κ3) is 3.81. The minimum absolute atomic E-state index is 0.0407. The first-order valence-electron chi connectivity index (χ1n) is 9.86. The molecule has 4 rings (SSSR count). The van der Waals surface area contributed by atoms with Gasteiger partial charge in [-0.2, -0.15) is 4.98 Å². The quantitative estimate of drug-likeness (QED) is 0.367. The molecule has 6 N–H and O–H groups in total. The van der Waals surface area contributed by atoms with Gasteiger partial charge in [-0.05, 0) is 25.0 Å². The van der Waals surface area contributed by atoms with Crippen LogP contribution < -0.4 is 11.1 Å². The maximum absolute atomic E-state index is 10.4. The number of fused-ring (bicyclic) bond motifs is 1. The van der Waals surface area contributed by atoms with Crippen molar-refractivity contribution >= 4 is 34.3 Å². The molecule has 3 aromatic heterocycles. The number of aromatic nitrogens is 3. The molecular weight excluding hydrogens is 410 g/mol. The highest BCUT2D eigenvalue weighted by atomic mass is 35.5. The van der Waals surface area contributed by atoms with E-state index >= 15 is 0 Å². The number of nitrogens with one attached hydrogen (secondary N) is 1. The van der Waals surface area contributed by atoms with Crippen LogP contribution in [-0.4, -0.2) is 55.1 Å². The van der Waals surface area contributed by atoms with Gasteiger partial charge in [0.2, 0.25) is 5.95 Å². The molecule has 1 aliphatic rings. The molecular formula is C20H24ClN5O4. The second-order valence-corrected chi connectivity index (χ2v) is 7.94. The van der Waals surface area contributed by atoms with E-state index in [1.54, 1.807) is 6.20 Å². The van der Waals surface area contributed by atoms with Gasteiger partial charge in [-0.3, -0.25) is 4.98 Å². The lowest BCUT2D eigenvalue weighted by molar-refractivity contribution is 0.00446. The number of aryl methyl sites for hydroxylation is 1. The van der Waals surface area contributed by atoms with Gasteiger partial charge in [-0.25, -0.2) is 4.98 Å². The second-order valence-electron chi connectivity index (χ2n) is 7.58. The van der Waals surface area contributed by atoms with Gasteiger partial charge in [0, 0.05) is 23.6 Å². The summed E-state index contributed by atoms with van der Waals surface area (Å²) in [6, 6.07) is 3.25. The molecule has 0 spiro atoms. The van der Waals surface area contributed by atoms with Crippen LogP contribution in [0, 0.1) is 5.92 Å². The summed E-state index contributed by atoms with van der Waals surface area (Å²) < 4.78 is 5.94. The van der Waals surface area contributed by atoms with E-state index in [0.29, 0.717) is 23.3 Å². The largest absolute Gasteiger partial charge is 0.454 e. The van der Waals surface area contributed by atoms with Crippen molar-refractivity contribution < 1.29 is 19.7 Å². The molecule has 3 aromatic rings. The summed E-state index contributed by atoms with van der Waals surface area (Å²) in [5.74, 6) is 0.230. The molecule has 0 saturated heterocycles. The number of nitrogen functional groups attached to an aromatic ring is 1. The lowest BCUT2D eigenvalue weighted by atomic mass is 10.1. The van der Waals surface area contributed by atoms with Gasteiger partial charge in [-0.15, -0.1) is 0 Å². The Morgan fingerprint density at radius 1 is 1.27 bits per heavy atom. The summed E-state index contributed by atoms with van der Waals surface area (Å²) in [5, 5.41) is 33.9. The van der Waals surface area contributed by atoms with E-state index in [2.05, 4.69) is 27.2 Å². The van der Waals surface area contributed by atoms with Crippen molar-refractivity contribution in [3.63, 3.8) is 0 Å². The minimum atomic E-state index is -1.08. The Balaban J connectivity index is 1.73. The summed E-state index contributed by atoms with van der Waals surface area (Å²) in [7, 11) is 0. The number of anilines is 2. The molecule has 4 atom stereocenters. The summed E-state index contributed by atoms with van der Waals surface area (Å²) in [5.41, 5.74) is 7.75. The number of nitrogens with two attached hydrogens (primary N) is 1. The van der Waals surface area contributed by atoms with Crippen LogP contribution in [0.4, 0.5) is 11.8 Å². The van der Waals surface area contributed by atoms with Crippen LogP contribution in [0.2, 0.25) is 5.15 Å². The number of hydrogen-bond acceptors (Lipinski definition) is 9. The molecule has 0 amide bonds. The number of aliphatic hydroxyl groups is 3. The molecule has 0 radical (unpaired) electrons. The maximum Gasteiger partial charge on any atom is 0.223 e. The van der Waals surface area contributed by atoms with Gasteiger partial charge in [-0.1, -0.05) is 24.9 Å². The highest BCUT2D eigenvalue weighted by molar-refractivity contribution is 6.32. The van der Waals surface area contributed by atoms with Gasteiger partial charge < -0.3 is 30.8 Å². The Hall–Kier alpha value is -2.46. The van der Waals surface area contributed by atoms with Crippen molar-refractivity contribution in [2.24, 2.45) is 5.92 Å². The number of rotatable bonds is 6. The van der Waals surface area contributed by atoms with Crippen molar-refractivity contribution in [3.8, 4) is 11.3 Å². The van der Waals surface area contributed by atoms with Crippen molar-refractivity contribution in [3.05, 3.63) is 29.2 Å². The molecule has 0 bridgehead atoms. The average molecular weight is 434 g/mol. The van der Waals surface area contributed by atoms with E-state index in [1.807, 2.05) is 12.1 Å². The molecule has 9 nitrogen and oxygen atoms in total. The Morgan fingerprint density at radius 3 is 2.77 bits per heavy atom. The highest BCUT2D eigenvalue weighted by Crippen LogP contribution is 2.38. The van der Waals surface area contributed by atoms with Crippen LogP contribution in [0.25, 0.3) is 22.3 Å². The van der Waals surface area contributed by atoms with E-state index in [0.717, 1.165) is 23.9 Å². The third-order valence-corrected chi connectivity index (χ3v) is 5.73. The standard InChI is InChI=1S/C20H24ClN5O4/c1-2-3-11-4-9-6-13(30-14(9)7-23-11)15-18(21)25-20(22)26-19(15)24-12-5-10(8-27)16(28)17(12)29/h4,6-7,10,12,16-17,27-29H,2-3,5,8H2,1H3,(H3,22,24,25,26)/t10-,12-,16-,17+/m1/s1. The van der Waals surface area contributed by atoms with Crippen LogP contribution in [0.15, 0.2) is 22.7 Å². The molecule has 160 valence electrons. The summed E-state index contributed by atoms with van der Waals surface area (Å²) in [6.07, 6.45) is 1.75. The zero-order valence-corrected chi connectivity index (χ0v) is 17.2. The number of furan rings is 1. The van der Waals surface area contributed by atoms with E-state index in [1.165, 1.54) is 0 Å². The summed E-state index contributed by atoms with van der Waals surface area (Å²) in [4.78, 5) is 12.7. The van der Waals surface area contributed by atoms with Gasteiger partial charge in [0.25, 0.3) is 0 Å². The first-order valence-corrected chi connectivity index (χ1v) is 10.2. The Labute approximate surface area is 177 Å². The molecule has 0 aromatic carbocycles. The molecule has 3 heterocycles. The first-order chi connectivity index (χ1) is 14.4. The maximum atomic E-state index is 10.4. The smallest absolute Gasteiger partial charge is 0.223 e. The Bertz CT molecular complexity index is 1060. The Morgan fingerprint density at radius 2 is 2.07 bits per heavy atom. The summed E-state index contributed by atoms with van der Waals surface area (Å²) in [6.45, 7) is 1.86. The number of pyridine rings is 1. The van der Waals surface area contributed by atoms with Crippen LogP contribution in [0.1, 0.15) is 25.5 Å². The molecule has 10 heteroatoms. The fourth-order valence-corrected chi connectivity index (χ4v) is 4.17. The van der Waals surface area contributed by atoms with Crippen LogP contribution in [0.5, 0.6) is 0 Å². The number of aliphatic hydroxyl groups excluding tert-OH is 3. The lowest BCUT2D eigenvalue weighted by Crippen LogP contribution is -2.35. The predicted octanol–water partition coefficient (Wildman–Crippen LogP) is 1.99. The number of nitrogens with zero attached hydrogens (tertiary/aromatic N) is 3. The number of hydrogen-bond donors (Lipinski definition) is 5. The molecule has 0 aliphatic heterocycles. The second kappa shape index (κ2) is 8.35. The molecule has 1 aliphatic carbocycles. The van der Waals surface area contributed by atoms with Crippen LogP contribution >= 0.6 is 11.6 Å². The predicted molar refractivity (Wildman–Crippen MR) is 113 cm³/mol. The SMILES string of the molecule is CCCc1cc2cc(-c3c(Cl)nc(N)nc3N[C@@H]3C[C@H](CO)[C@@H](O)[C@H]3O)oc2cn1. The van der Waals surface area contributed by atoms with Crippen molar-refractivity contribution in [2.75, 3.05) is 17.7 Å². The van der Waals surface area contributed by atoms with E-state index in [-0.39, 0.29) is 23.5 Å². The van der Waals surface area contributed by atoms with Crippen LogP contribution in [-0.2, 0) is 6.42 Å².